The lowest BCUT2D eigenvalue weighted by Crippen LogP contribution is -2.45. The number of aliphatic hydroxyl groups excluding tert-OH is 1. The van der Waals surface area contributed by atoms with Crippen molar-refractivity contribution in [1.82, 2.24) is 19.6 Å². The van der Waals surface area contributed by atoms with Gasteiger partial charge in [0.15, 0.2) is 0 Å². The number of aliphatic hydroxyl groups is 1. The highest BCUT2D eigenvalue weighted by Crippen LogP contribution is 2.43. The molecular formula is C21H33N5O4. The van der Waals surface area contributed by atoms with Crippen LogP contribution >= 0.6 is 0 Å². The third kappa shape index (κ3) is 4.68. The minimum absolute atomic E-state index is 0.0544. The van der Waals surface area contributed by atoms with E-state index in [9.17, 15) is 14.7 Å². The predicted molar refractivity (Wildman–Crippen MR) is 111 cm³/mol. The van der Waals surface area contributed by atoms with Crippen LogP contribution in [0, 0.1) is 12.3 Å². The average Bonchev–Trinajstić information content (AvgIpc) is 3.17. The zero-order valence-corrected chi connectivity index (χ0v) is 18.0. The number of likely N-dealkylation sites (tertiary alicyclic amines) is 2. The van der Waals surface area contributed by atoms with Crippen molar-refractivity contribution >= 4 is 17.6 Å². The molecule has 30 heavy (non-hydrogen) atoms. The number of hydrogen-bond acceptors (Lipinski definition) is 7. The summed E-state index contributed by atoms with van der Waals surface area (Å²) >= 11 is 0. The molecule has 1 atom stereocenters. The number of aromatic nitrogens is 2. The summed E-state index contributed by atoms with van der Waals surface area (Å²) in [5.74, 6) is -0.124. The molecule has 2 N–H and O–H groups in total. The molecule has 166 valence electrons. The first-order valence-electron chi connectivity index (χ1n) is 11.0. The van der Waals surface area contributed by atoms with Crippen LogP contribution in [0.4, 0.5) is 5.69 Å². The molecule has 9 nitrogen and oxygen atoms in total. The number of esters is 1. The third-order valence-corrected chi connectivity index (χ3v) is 6.81. The number of carbonyl (C=O) groups is 2. The molecule has 9 heteroatoms. The Morgan fingerprint density at radius 2 is 1.97 bits per heavy atom. The first-order valence-corrected chi connectivity index (χ1v) is 11.0. The maximum atomic E-state index is 12.7. The van der Waals surface area contributed by atoms with Crippen molar-refractivity contribution in [3.8, 4) is 0 Å². The van der Waals surface area contributed by atoms with E-state index >= 15 is 0 Å². The van der Waals surface area contributed by atoms with Crippen LogP contribution < -0.4 is 5.32 Å². The van der Waals surface area contributed by atoms with Crippen LogP contribution in [0.3, 0.4) is 0 Å². The number of anilines is 1. The number of hydrogen-bond donors (Lipinski definition) is 2. The third-order valence-electron chi connectivity index (χ3n) is 6.81. The first kappa shape index (κ1) is 21.3. The molecule has 1 aromatic heterocycles. The van der Waals surface area contributed by atoms with Crippen LogP contribution in [-0.2, 0) is 21.4 Å². The van der Waals surface area contributed by atoms with Gasteiger partial charge in [0.2, 0.25) is 5.91 Å². The SMILES string of the molecule is Cc1nn(C)cc1NC(=O)CN1CCC2(CC1)CC(CN1CCC(O)CC1)OC2=O. The zero-order chi connectivity index (χ0) is 21.3. The summed E-state index contributed by atoms with van der Waals surface area (Å²) in [5.41, 5.74) is 1.14. The van der Waals surface area contributed by atoms with Gasteiger partial charge in [-0.15, -0.1) is 0 Å². The number of nitrogens with zero attached hydrogens (tertiary/aromatic N) is 4. The highest BCUT2D eigenvalue weighted by Gasteiger charge is 2.50. The molecule has 0 saturated carbocycles. The molecule has 0 bridgehead atoms. The zero-order valence-electron chi connectivity index (χ0n) is 18.0. The molecule has 3 aliphatic heterocycles. The number of piperidine rings is 2. The van der Waals surface area contributed by atoms with E-state index in [2.05, 4.69) is 20.2 Å². The summed E-state index contributed by atoms with van der Waals surface area (Å²) in [6, 6.07) is 0. The van der Waals surface area contributed by atoms with Crippen LogP contribution in [0.1, 0.15) is 37.8 Å². The van der Waals surface area contributed by atoms with Gasteiger partial charge in [0.05, 0.1) is 29.4 Å². The summed E-state index contributed by atoms with van der Waals surface area (Å²) < 4.78 is 7.43. The van der Waals surface area contributed by atoms with Crippen molar-refractivity contribution in [3.05, 3.63) is 11.9 Å². The van der Waals surface area contributed by atoms with Crippen LogP contribution in [0.2, 0.25) is 0 Å². The van der Waals surface area contributed by atoms with Crippen molar-refractivity contribution in [2.45, 2.75) is 51.2 Å². The average molecular weight is 420 g/mol. The number of carbonyl (C=O) groups excluding carboxylic acids is 2. The lowest BCUT2D eigenvalue weighted by Gasteiger charge is -2.36. The predicted octanol–water partition coefficient (Wildman–Crippen LogP) is 0.521. The smallest absolute Gasteiger partial charge is 0.312 e. The van der Waals surface area contributed by atoms with E-state index in [0.29, 0.717) is 6.54 Å². The lowest BCUT2D eigenvalue weighted by molar-refractivity contribution is -0.151. The van der Waals surface area contributed by atoms with E-state index in [0.717, 1.165) is 76.2 Å². The van der Waals surface area contributed by atoms with Gasteiger partial charge in [-0.1, -0.05) is 0 Å². The van der Waals surface area contributed by atoms with Gasteiger partial charge >= 0.3 is 5.97 Å². The normalized spacial score (nSPS) is 25.6. The quantitative estimate of drug-likeness (QED) is 0.671. The minimum atomic E-state index is -0.396. The number of ether oxygens (including phenoxy) is 1. The number of nitrogens with one attached hydrogen (secondary N) is 1. The molecule has 1 aromatic rings. The van der Waals surface area contributed by atoms with Gasteiger partial charge in [-0.3, -0.25) is 24.1 Å². The molecule has 1 amide bonds. The van der Waals surface area contributed by atoms with Gasteiger partial charge in [-0.05, 0) is 45.7 Å². The fraction of sp³-hybridized carbons (Fsp3) is 0.762. The summed E-state index contributed by atoms with van der Waals surface area (Å²) in [7, 11) is 1.83. The number of aryl methyl sites for hydroxylation is 2. The van der Waals surface area contributed by atoms with E-state index in [1.165, 1.54) is 0 Å². The van der Waals surface area contributed by atoms with Gasteiger partial charge in [0, 0.05) is 39.3 Å². The second-order valence-corrected chi connectivity index (χ2v) is 9.17. The van der Waals surface area contributed by atoms with Crippen molar-refractivity contribution in [2.24, 2.45) is 12.5 Å². The maximum Gasteiger partial charge on any atom is 0.312 e. The molecule has 3 aliphatic rings. The fourth-order valence-electron chi connectivity index (χ4n) is 4.99. The van der Waals surface area contributed by atoms with Crippen molar-refractivity contribution in [1.29, 1.82) is 0 Å². The highest BCUT2D eigenvalue weighted by atomic mass is 16.6. The van der Waals surface area contributed by atoms with Crippen LogP contribution in [0.5, 0.6) is 0 Å². The van der Waals surface area contributed by atoms with Gasteiger partial charge in [0.25, 0.3) is 0 Å². The molecule has 1 unspecified atom stereocenters. The van der Waals surface area contributed by atoms with E-state index in [4.69, 9.17) is 4.74 Å². The number of rotatable bonds is 5. The highest BCUT2D eigenvalue weighted by molar-refractivity contribution is 5.92. The monoisotopic (exact) mass is 419 g/mol. The summed E-state index contributed by atoms with van der Waals surface area (Å²) in [4.78, 5) is 29.5. The number of amides is 1. The van der Waals surface area contributed by atoms with Crippen LogP contribution in [0.15, 0.2) is 6.20 Å². The summed E-state index contributed by atoms with van der Waals surface area (Å²) in [5, 5.41) is 16.8. The molecule has 0 radical (unpaired) electrons. The lowest BCUT2D eigenvalue weighted by atomic mass is 9.76. The van der Waals surface area contributed by atoms with Crippen molar-refractivity contribution < 1.29 is 19.4 Å². The molecule has 3 saturated heterocycles. The fourth-order valence-corrected chi connectivity index (χ4v) is 4.99. The van der Waals surface area contributed by atoms with E-state index < -0.39 is 5.41 Å². The van der Waals surface area contributed by atoms with Crippen molar-refractivity contribution in [3.63, 3.8) is 0 Å². The van der Waals surface area contributed by atoms with Gasteiger partial charge < -0.3 is 15.2 Å². The van der Waals surface area contributed by atoms with Gasteiger partial charge in [0.1, 0.15) is 6.10 Å². The Kier molecular flexibility index (Phi) is 6.13. The molecule has 0 aliphatic carbocycles. The summed E-state index contributed by atoms with van der Waals surface area (Å²) in [6.45, 7) is 6.11. The Hall–Kier alpha value is -1.97. The Bertz CT molecular complexity index is 778. The van der Waals surface area contributed by atoms with E-state index in [1.807, 2.05) is 14.0 Å². The Morgan fingerprint density at radius 1 is 1.27 bits per heavy atom. The number of cyclic esters (lactones) is 1. The topological polar surface area (TPSA) is 99.9 Å². The Labute approximate surface area is 177 Å². The molecule has 1 spiro atoms. The molecular weight excluding hydrogens is 386 g/mol. The standard InChI is InChI=1S/C21H33N5O4/c1-15-18(13-24(2)23-15)22-19(28)14-26-9-5-21(6-10-26)11-17(30-20(21)29)12-25-7-3-16(27)4-8-25/h13,16-17,27H,3-12,14H2,1-2H3,(H,22,28). The maximum absolute atomic E-state index is 12.7. The van der Waals surface area contributed by atoms with Gasteiger partial charge in [-0.2, -0.15) is 5.10 Å². The Balaban J connectivity index is 1.24. The van der Waals surface area contributed by atoms with E-state index in [1.54, 1.807) is 10.9 Å². The van der Waals surface area contributed by atoms with Gasteiger partial charge in [-0.25, -0.2) is 0 Å². The minimum Gasteiger partial charge on any atom is -0.461 e. The molecule has 3 fully saturated rings. The second-order valence-electron chi connectivity index (χ2n) is 9.17. The molecule has 0 aromatic carbocycles. The van der Waals surface area contributed by atoms with Crippen molar-refractivity contribution in [2.75, 3.05) is 44.6 Å². The Morgan fingerprint density at radius 3 is 2.60 bits per heavy atom. The molecule has 4 heterocycles. The second kappa shape index (κ2) is 8.64. The largest absolute Gasteiger partial charge is 0.461 e. The van der Waals surface area contributed by atoms with E-state index in [-0.39, 0.29) is 24.1 Å². The van der Waals surface area contributed by atoms with Crippen LogP contribution in [0.25, 0.3) is 0 Å². The molecule has 4 rings (SSSR count). The first-order chi connectivity index (χ1) is 14.3. The van der Waals surface area contributed by atoms with Crippen LogP contribution in [-0.4, -0.2) is 88.0 Å². The summed E-state index contributed by atoms with van der Waals surface area (Å²) in [6.07, 6.45) is 5.37.